The molecule has 1 fully saturated rings. The predicted molar refractivity (Wildman–Crippen MR) is 111 cm³/mol. The molecule has 2 heterocycles. The van der Waals surface area contributed by atoms with Gasteiger partial charge in [0.15, 0.2) is 6.10 Å². The quantitative estimate of drug-likeness (QED) is 0.713. The lowest BCUT2D eigenvalue weighted by Gasteiger charge is -2.31. The molecule has 3 rings (SSSR count). The molecule has 0 aliphatic carbocycles. The third kappa shape index (κ3) is 5.44. The van der Waals surface area contributed by atoms with Gasteiger partial charge >= 0.3 is 0 Å². The molecule has 1 amide bonds. The van der Waals surface area contributed by atoms with Crippen LogP contribution in [0.15, 0.2) is 41.0 Å². The van der Waals surface area contributed by atoms with Gasteiger partial charge in [-0.25, -0.2) is 9.37 Å². The number of ether oxygens (including phenoxy) is 1. The van der Waals surface area contributed by atoms with E-state index in [-0.39, 0.29) is 11.7 Å². The molecule has 7 heteroatoms. The second-order valence-electron chi connectivity index (χ2n) is 7.25. The topological polar surface area (TPSA) is 54.5 Å². The van der Waals surface area contributed by atoms with Gasteiger partial charge in [-0.3, -0.25) is 4.79 Å². The van der Waals surface area contributed by atoms with Crippen LogP contribution in [0, 0.1) is 11.7 Å². The van der Waals surface area contributed by atoms with Crippen LogP contribution in [0.1, 0.15) is 32.3 Å². The van der Waals surface area contributed by atoms with Gasteiger partial charge in [0.25, 0.3) is 5.91 Å². The van der Waals surface area contributed by atoms with E-state index in [1.54, 1.807) is 13.1 Å². The molecule has 1 aromatic carbocycles. The summed E-state index contributed by atoms with van der Waals surface area (Å²) >= 11 is 3.23. The minimum atomic E-state index is -0.704. The number of pyridine rings is 1. The highest BCUT2D eigenvalue weighted by atomic mass is 79.9. The number of carbonyl (C=O) groups is 1. The number of hydrogen-bond acceptors (Lipinski definition) is 4. The number of amides is 1. The van der Waals surface area contributed by atoms with E-state index in [1.807, 2.05) is 12.1 Å². The number of rotatable bonds is 6. The fraction of sp³-hybridized carbons (Fsp3) is 0.429. The molecule has 1 unspecified atom stereocenters. The lowest BCUT2D eigenvalue weighted by molar-refractivity contribution is -0.127. The van der Waals surface area contributed by atoms with Crippen molar-refractivity contribution in [1.82, 2.24) is 10.3 Å². The van der Waals surface area contributed by atoms with Gasteiger partial charge in [0.05, 0.1) is 4.47 Å². The first-order chi connectivity index (χ1) is 13.4. The Kier molecular flexibility index (Phi) is 6.88. The summed E-state index contributed by atoms with van der Waals surface area (Å²) in [6.45, 7) is 6.40. The number of benzene rings is 1. The van der Waals surface area contributed by atoms with E-state index in [0.717, 1.165) is 30.4 Å². The first-order valence-corrected chi connectivity index (χ1v) is 10.3. The highest BCUT2D eigenvalue weighted by Crippen LogP contribution is 2.26. The lowest BCUT2D eigenvalue weighted by atomic mass is 9.99. The van der Waals surface area contributed by atoms with Crippen LogP contribution in [-0.4, -0.2) is 30.1 Å². The third-order valence-electron chi connectivity index (χ3n) is 4.95. The smallest absolute Gasteiger partial charge is 0.261 e. The summed E-state index contributed by atoms with van der Waals surface area (Å²) in [5, 5.41) is 2.85. The van der Waals surface area contributed by atoms with Crippen molar-refractivity contribution < 1.29 is 13.9 Å². The normalized spacial score (nSPS) is 15.9. The van der Waals surface area contributed by atoms with Crippen LogP contribution in [0.4, 0.5) is 10.2 Å². The lowest BCUT2D eigenvalue weighted by Crippen LogP contribution is -2.36. The maximum absolute atomic E-state index is 13.1. The van der Waals surface area contributed by atoms with Crippen LogP contribution >= 0.6 is 15.9 Å². The average molecular weight is 450 g/mol. The summed E-state index contributed by atoms with van der Waals surface area (Å²) in [6.07, 6.45) is 3.49. The molecule has 1 atom stereocenters. The molecule has 1 aromatic heterocycles. The summed E-state index contributed by atoms with van der Waals surface area (Å²) in [5.41, 5.74) is 0.928. The van der Waals surface area contributed by atoms with Crippen molar-refractivity contribution in [3.05, 3.63) is 52.4 Å². The summed E-state index contributed by atoms with van der Waals surface area (Å²) in [6, 6.07) is 8.08. The Morgan fingerprint density at radius 2 is 2.11 bits per heavy atom. The van der Waals surface area contributed by atoms with E-state index >= 15 is 0 Å². The van der Waals surface area contributed by atoms with Crippen LogP contribution in [0.25, 0.3) is 0 Å². The first-order valence-electron chi connectivity index (χ1n) is 9.51. The van der Waals surface area contributed by atoms with Gasteiger partial charge in [-0.2, -0.15) is 0 Å². The van der Waals surface area contributed by atoms with Gasteiger partial charge in [0, 0.05) is 25.8 Å². The van der Waals surface area contributed by atoms with E-state index in [0.29, 0.717) is 16.8 Å². The first kappa shape index (κ1) is 20.6. The van der Waals surface area contributed by atoms with Crippen molar-refractivity contribution in [2.45, 2.75) is 39.3 Å². The van der Waals surface area contributed by atoms with E-state index in [9.17, 15) is 9.18 Å². The summed E-state index contributed by atoms with van der Waals surface area (Å²) in [5.74, 6) is 1.58. The molecular weight excluding hydrogens is 425 g/mol. The highest BCUT2D eigenvalue weighted by molar-refractivity contribution is 9.10. The SMILES string of the molecule is CC1CCN(c2ccc(CNC(=O)C(C)Oc3ccc(F)cc3Br)cn2)CC1. The summed E-state index contributed by atoms with van der Waals surface area (Å²) < 4.78 is 19.2. The Hall–Kier alpha value is -2.15. The van der Waals surface area contributed by atoms with Crippen LogP contribution in [-0.2, 0) is 11.3 Å². The number of aromatic nitrogens is 1. The third-order valence-corrected chi connectivity index (χ3v) is 5.57. The number of halogens is 2. The summed E-state index contributed by atoms with van der Waals surface area (Å²) in [4.78, 5) is 19.1. The van der Waals surface area contributed by atoms with Crippen LogP contribution in [0.3, 0.4) is 0 Å². The Labute approximate surface area is 173 Å². The fourth-order valence-corrected chi connectivity index (χ4v) is 3.54. The van der Waals surface area contributed by atoms with Crippen LogP contribution < -0.4 is 15.0 Å². The molecule has 150 valence electrons. The zero-order valence-corrected chi connectivity index (χ0v) is 17.7. The molecule has 0 radical (unpaired) electrons. The monoisotopic (exact) mass is 449 g/mol. The van der Waals surface area contributed by atoms with Crippen molar-refractivity contribution in [2.75, 3.05) is 18.0 Å². The maximum atomic E-state index is 13.1. The van der Waals surface area contributed by atoms with Gasteiger partial charge in [0.2, 0.25) is 0 Å². The molecule has 2 aromatic rings. The number of nitrogens with zero attached hydrogens (tertiary/aromatic N) is 2. The Balaban J connectivity index is 1.49. The van der Waals surface area contributed by atoms with Crippen LogP contribution in [0.2, 0.25) is 0 Å². The fourth-order valence-electron chi connectivity index (χ4n) is 3.09. The average Bonchev–Trinajstić information content (AvgIpc) is 2.69. The van der Waals surface area contributed by atoms with E-state index in [2.05, 4.69) is 38.1 Å². The molecule has 1 saturated heterocycles. The van der Waals surface area contributed by atoms with Gasteiger partial charge in [-0.15, -0.1) is 0 Å². The van der Waals surface area contributed by atoms with Crippen LogP contribution in [0.5, 0.6) is 5.75 Å². The van der Waals surface area contributed by atoms with Gasteiger partial charge in [-0.1, -0.05) is 13.0 Å². The minimum Gasteiger partial charge on any atom is -0.480 e. The molecule has 1 N–H and O–H groups in total. The van der Waals surface area contributed by atoms with Gasteiger partial charge in [-0.05, 0) is 71.4 Å². The Morgan fingerprint density at radius 1 is 1.36 bits per heavy atom. The summed E-state index contributed by atoms with van der Waals surface area (Å²) in [7, 11) is 0. The largest absolute Gasteiger partial charge is 0.480 e. The van der Waals surface area contributed by atoms with Crippen molar-refractivity contribution in [2.24, 2.45) is 5.92 Å². The second kappa shape index (κ2) is 9.37. The Bertz CT molecular complexity index is 808. The molecule has 0 bridgehead atoms. The molecular formula is C21H25BrFN3O2. The zero-order chi connectivity index (χ0) is 20.1. The zero-order valence-electron chi connectivity index (χ0n) is 16.1. The minimum absolute atomic E-state index is 0.245. The molecule has 0 saturated carbocycles. The maximum Gasteiger partial charge on any atom is 0.261 e. The van der Waals surface area contributed by atoms with Crippen molar-refractivity contribution in [3.8, 4) is 5.75 Å². The number of carbonyl (C=O) groups excluding carboxylic acids is 1. The molecule has 5 nitrogen and oxygen atoms in total. The van der Waals surface area contributed by atoms with Crippen molar-refractivity contribution in [1.29, 1.82) is 0 Å². The molecule has 1 aliphatic heterocycles. The van der Waals surface area contributed by atoms with E-state index in [1.165, 1.54) is 31.0 Å². The van der Waals surface area contributed by atoms with Crippen molar-refractivity contribution in [3.63, 3.8) is 0 Å². The molecule has 0 spiro atoms. The molecule has 1 aliphatic rings. The number of piperidine rings is 1. The van der Waals surface area contributed by atoms with Gasteiger partial charge < -0.3 is 15.0 Å². The standard InChI is InChI=1S/C21H25BrFN3O2/c1-14-7-9-26(10-8-14)20-6-3-16(12-24-20)13-25-21(27)15(2)28-19-5-4-17(23)11-18(19)22/h3-6,11-12,14-15H,7-10,13H2,1-2H3,(H,25,27). The number of nitrogens with one attached hydrogen (secondary N) is 1. The highest BCUT2D eigenvalue weighted by Gasteiger charge is 2.18. The molecule has 28 heavy (non-hydrogen) atoms. The Morgan fingerprint density at radius 3 is 2.75 bits per heavy atom. The number of hydrogen-bond donors (Lipinski definition) is 1. The van der Waals surface area contributed by atoms with E-state index < -0.39 is 6.10 Å². The van der Waals surface area contributed by atoms with Gasteiger partial charge in [0.1, 0.15) is 17.4 Å². The van der Waals surface area contributed by atoms with E-state index in [4.69, 9.17) is 4.74 Å². The number of anilines is 1. The predicted octanol–water partition coefficient (Wildman–Crippen LogP) is 4.30. The van der Waals surface area contributed by atoms with Crippen molar-refractivity contribution >= 4 is 27.7 Å². The second-order valence-corrected chi connectivity index (χ2v) is 8.10.